The molecule has 2 aromatic rings. The lowest BCUT2D eigenvalue weighted by atomic mass is 10.1. The van der Waals surface area contributed by atoms with Crippen LogP contribution in [-0.2, 0) is 11.3 Å². The van der Waals surface area contributed by atoms with Crippen molar-refractivity contribution in [2.24, 2.45) is 0 Å². The molecule has 2 aromatic carbocycles. The molecule has 0 radical (unpaired) electrons. The summed E-state index contributed by atoms with van der Waals surface area (Å²) in [4.78, 5) is 23.0. The number of amides is 1. The molecular formula is C17H16ClNO3. The van der Waals surface area contributed by atoms with Gasteiger partial charge in [-0.1, -0.05) is 35.9 Å². The number of halogens is 1. The van der Waals surface area contributed by atoms with Gasteiger partial charge in [0.25, 0.3) is 5.91 Å². The number of carbonyl (C=O) groups excluding carboxylic acids is 2. The first-order chi connectivity index (χ1) is 10.5. The zero-order valence-electron chi connectivity index (χ0n) is 12.1. The van der Waals surface area contributed by atoms with Crippen LogP contribution in [0.2, 0.25) is 5.02 Å². The summed E-state index contributed by atoms with van der Waals surface area (Å²) in [5, 5.41) is 3.41. The van der Waals surface area contributed by atoms with E-state index in [1.54, 1.807) is 36.4 Å². The molecule has 2 rings (SSSR count). The Morgan fingerprint density at radius 2 is 1.86 bits per heavy atom. The van der Waals surface area contributed by atoms with Gasteiger partial charge in [-0.15, -0.1) is 0 Å². The Kier molecular flexibility index (Phi) is 5.55. The van der Waals surface area contributed by atoms with Crippen LogP contribution in [0.25, 0.3) is 0 Å². The second-order valence-corrected chi connectivity index (χ2v) is 5.21. The van der Waals surface area contributed by atoms with Gasteiger partial charge in [0.05, 0.1) is 0 Å². The molecule has 0 saturated carbocycles. The molecule has 1 N–H and O–H groups in total. The third kappa shape index (κ3) is 4.90. The summed E-state index contributed by atoms with van der Waals surface area (Å²) in [7, 11) is 0. The molecular weight excluding hydrogens is 302 g/mol. The smallest absolute Gasteiger partial charge is 0.258 e. The Hall–Kier alpha value is -2.33. The first-order valence-electron chi connectivity index (χ1n) is 6.79. The van der Waals surface area contributed by atoms with Crippen molar-refractivity contribution in [1.82, 2.24) is 5.32 Å². The van der Waals surface area contributed by atoms with E-state index in [9.17, 15) is 9.59 Å². The third-order valence-electron chi connectivity index (χ3n) is 3.01. The van der Waals surface area contributed by atoms with Crippen LogP contribution in [0.3, 0.4) is 0 Å². The van der Waals surface area contributed by atoms with Crippen LogP contribution in [0.4, 0.5) is 0 Å². The van der Waals surface area contributed by atoms with E-state index in [0.717, 1.165) is 5.56 Å². The molecule has 0 atom stereocenters. The fourth-order valence-corrected chi connectivity index (χ4v) is 1.93. The average Bonchev–Trinajstić information content (AvgIpc) is 2.52. The number of rotatable bonds is 6. The molecule has 1 amide bonds. The molecule has 0 aliphatic heterocycles. The zero-order valence-corrected chi connectivity index (χ0v) is 12.9. The molecule has 5 heteroatoms. The molecule has 0 aliphatic carbocycles. The number of Topliss-reactive ketones (excluding diaryl/α,β-unsaturated/α-hetero) is 1. The van der Waals surface area contributed by atoms with Crippen molar-refractivity contribution < 1.29 is 14.3 Å². The predicted octanol–water partition coefficient (Wildman–Crippen LogP) is 3.24. The third-order valence-corrected chi connectivity index (χ3v) is 3.27. The molecule has 0 heterocycles. The Morgan fingerprint density at radius 3 is 2.55 bits per heavy atom. The lowest BCUT2D eigenvalue weighted by Crippen LogP contribution is -2.28. The number of ether oxygens (including phenoxy) is 1. The lowest BCUT2D eigenvalue weighted by Gasteiger charge is -2.08. The van der Waals surface area contributed by atoms with Crippen molar-refractivity contribution in [3.05, 3.63) is 64.7 Å². The van der Waals surface area contributed by atoms with Gasteiger partial charge in [-0.3, -0.25) is 9.59 Å². The molecule has 0 bridgehead atoms. The van der Waals surface area contributed by atoms with E-state index in [4.69, 9.17) is 16.3 Å². The van der Waals surface area contributed by atoms with Crippen LogP contribution >= 0.6 is 11.6 Å². The maximum Gasteiger partial charge on any atom is 0.258 e. The highest BCUT2D eigenvalue weighted by molar-refractivity contribution is 6.30. The molecule has 4 nitrogen and oxygen atoms in total. The highest BCUT2D eigenvalue weighted by atomic mass is 35.5. The van der Waals surface area contributed by atoms with E-state index >= 15 is 0 Å². The van der Waals surface area contributed by atoms with E-state index in [2.05, 4.69) is 5.32 Å². The molecule has 0 aromatic heterocycles. The van der Waals surface area contributed by atoms with Crippen molar-refractivity contribution in [3.8, 4) is 5.75 Å². The summed E-state index contributed by atoms with van der Waals surface area (Å²) in [6, 6.07) is 14.0. The molecule has 0 unspecified atom stereocenters. The molecule has 0 fully saturated rings. The Morgan fingerprint density at radius 1 is 1.14 bits per heavy atom. The zero-order chi connectivity index (χ0) is 15.9. The number of nitrogens with one attached hydrogen (secondary N) is 1. The minimum Gasteiger partial charge on any atom is -0.484 e. The van der Waals surface area contributed by atoms with Crippen molar-refractivity contribution in [2.75, 3.05) is 6.61 Å². The topological polar surface area (TPSA) is 55.4 Å². The van der Waals surface area contributed by atoms with E-state index in [1.807, 2.05) is 12.1 Å². The minimum absolute atomic E-state index is 0.0439. The molecule has 0 saturated heterocycles. The van der Waals surface area contributed by atoms with E-state index < -0.39 is 0 Å². The number of ketones is 1. The fourth-order valence-electron chi connectivity index (χ4n) is 1.81. The van der Waals surface area contributed by atoms with Crippen LogP contribution in [0, 0.1) is 0 Å². The predicted molar refractivity (Wildman–Crippen MR) is 85.2 cm³/mol. The number of carbonyl (C=O) groups is 2. The number of hydrogen-bond acceptors (Lipinski definition) is 3. The maximum atomic E-state index is 11.7. The lowest BCUT2D eigenvalue weighted by molar-refractivity contribution is -0.123. The molecule has 0 aliphatic rings. The summed E-state index contributed by atoms with van der Waals surface area (Å²) in [6.07, 6.45) is 0. The summed E-state index contributed by atoms with van der Waals surface area (Å²) >= 11 is 5.80. The molecule has 114 valence electrons. The average molecular weight is 318 g/mol. The summed E-state index contributed by atoms with van der Waals surface area (Å²) in [6.45, 7) is 1.79. The van der Waals surface area contributed by atoms with Gasteiger partial charge in [0.1, 0.15) is 5.75 Å². The Labute approximate surface area is 134 Å². The van der Waals surface area contributed by atoms with Gasteiger partial charge in [-0.25, -0.2) is 0 Å². The maximum absolute atomic E-state index is 11.7. The van der Waals surface area contributed by atoms with Crippen molar-refractivity contribution in [1.29, 1.82) is 0 Å². The van der Waals surface area contributed by atoms with Gasteiger partial charge < -0.3 is 10.1 Å². The van der Waals surface area contributed by atoms with Crippen LogP contribution in [0.15, 0.2) is 48.5 Å². The van der Waals surface area contributed by atoms with Gasteiger partial charge in [-0.2, -0.15) is 0 Å². The molecule has 0 spiro atoms. The SMILES string of the molecule is CC(=O)c1cccc(OCC(=O)NCc2ccc(Cl)cc2)c1. The first kappa shape index (κ1) is 16.0. The van der Waals surface area contributed by atoms with Crippen LogP contribution in [-0.4, -0.2) is 18.3 Å². The van der Waals surface area contributed by atoms with Gasteiger partial charge in [0.2, 0.25) is 0 Å². The highest BCUT2D eigenvalue weighted by Gasteiger charge is 2.05. The van der Waals surface area contributed by atoms with Gasteiger partial charge in [0, 0.05) is 17.1 Å². The van der Waals surface area contributed by atoms with Crippen molar-refractivity contribution in [2.45, 2.75) is 13.5 Å². The van der Waals surface area contributed by atoms with Crippen LogP contribution in [0.5, 0.6) is 5.75 Å². The van der Waals surface area contributed by atoms with Crippen molar-refractivity contribution >= 4 is 23.3 Å². The van der Waals surface area contributed by atoms with E-state index in [1.165, 1.54) is 6.92 Å². The second kappa shape index (κ2) is 7.61. The normalized spacial score (nSPS) is 10.1. The van der Waals surface area contributed by atoms with E-state index in [0.29, 0.717) is 22.9 Å². The number of benzene rings is 2. The Balaban J connectivity index is 1.81. The van der Waals surface area contributed by atoms with Crippen LogP contribution < -0.4 is 10.1 Å². The second-order valence-electron chi connectivity index (χ2n) is 4.78. The van der Waals surface area contributed by atoms with Gasteiger partial charge in [-0.05, 0) is 36.8 Å². The number of hydrogen-bond donors (Lipinski definition) is 1. The quantitative estimate of drug-likeness (QED) is 0.832. The minimum atomic E-state index is -0.233. The summed E-state index contributed by atoms with van der Waals surface area (Å²) < 4.78 is 5.38. The molecule has 22 heavy (non-hydrogen) atoms. The standard InChI is InChI=1S/C17H16ClNO3/c1-12(20)14-3-2-4-16(9-14)22-11-17(21)19-10-13-5-7-15(18)8-6-13/h2-9H,10-11H2,1H3,(H,19,21). The van der Waals surface area contributed by atoms with Gasteiger partial charge >= 0.3 is 0 Å². The van der Waals surface area contributed by atoms with Gasteiger partial charge in [0.15, 0.2) is 12.4 Å². The fraction of sp³-hybridized carbons (Fsp3) is 0.176. The van der Waals surface area contributed by atoms with Crippen molar-refractivity contribution in [3.63, 3.8) is 0 Å². The first-order valence-corrected chi connectivity index (χ1v) is 7.17. The largest absolute Gasteiger partial charge is 0.484 e. The summed E-state index contributed by atoms with van der Waals surface area (Å²) in [5.41, 5.74) is 1.51. The monoisotopic (exact) mass is 317 g/mol. The summed E-state index contributed by atoms with van der Waals surface area (Å²) in [5.74, 6) is 0.218. The van der Waals surface area contributed by atoms with Crippen LogP contribution in [0.1, 0.15) is 22.8 Å². The van der Waals surface area contributed by atoms with E-state index in [-0.39, 0.29) is 18.3 Å². The Bertz CT molecular complexity index is 668. The highest BCUT2D eigenvalue weighted by Crippen LogP contribution is 2.13.